The normalized spacial score (nSPS) is 16.4. The van der Waals surface area contributed by atoms with E-state index in [1.165, 1.54) is 17.7 Å². The highest BCUT2D eigenvalue weighted by Gasteiger charge is 2.18. The number of benzene rings is 1. The van der Waals surface area contributed by atoms with Gasteiger partial charge in [0.2, 0.25) is 0 Å². The minimum absolute atomic E-state index is 0.440. The number of hydrogen-bond donors (Lipinski definition) is 1. The smallest absolute Gasteiger partial charge is 0.159 e. The molecular weight excluding hydrogens is 308 g/mol. The lowest BCUT2D eigenvalue weighted by atomic mass is 10.0. The lowest BCUT2D eigenvalue weighted by Crippen LogP contribution is -2.42. The van der Waals surface area contributed by atoms with Gasteiger partial charge in [-0.1, -0.05) is 6.07 Å². The van der Waals surface area contributed by atoms with E-state index in [9.17, 15) is 8.78 Å². The van der Waals surface area contributed by atoms with Gasteiger partial charge in [0, 0.05) is 31.5 Å². The molecule has 0 radical (unpaired) electrons. The first-order chi connectivity index (χ1) is 11.7. The van der Waals surface area contributed by atoms with Crippen LogP contribution in [0.5, 0.6) is 0 Å². The van der Waals surface area contributed by atoms with E-state index in [0.29, 0.717) is 12.6 Å². The summed E-state index contributed by atoms with van der Waals surface area (Å²) in [6, 6.07) is 8.66. The van der Waals surface area contributed by atoms with Gasteiger partial charge in [-0.3, -0.25) is 4.98 Å². The quantitative estimate of drug-likeness (QED) is 0.881. The zero-order valence-electron chi connectivity index (χ0n) is 13.7. The van der Waals surface area contributed by atoms with Crippen molar-refractivity contribution in [3.8, 4) is 0 Å². The van der Waals surface area contributed by atoms with Gasteiger partial charge in [-0.05, 0) is 67.7 Å². The van der Waals surface area contributed by atoms with Crippen molar-refractivity contribution in [3.63, 3.8) is 0 Å². The Balaban J connectivity index is 1.38. The number of piperidine rings is 1. The summed E-state index contributed by atoms with van der Waals surface area (Å²) in [5.41, 5.74) is 2.11. The van der Waals surface area contributed by atoms with Gasteiger partial charge in [0.15, 0.2) is 11.6 Å². The molecule has 0 atom stereocenters. The third kappa shape index (κ3) is 4.82. The van der Waals surface area contributed by atoms with E-state index >= 15 is 0 Å². The first-order valence-corrected chi connectivity index (χ1v) is 8.49. The summed E-state index contributed by atoms with van der Waals surface area (Å²) in [6.45, 7) is 3.79. The molecule has 1 fully saturated rings. The SMILES string of the molecule is Fc1ccc(CNC2CCN(CCc3ccncc3)CC2)cc1F. The Morgan fingerprint density at radius 1 is 1.00 bits per heavy atom. The molecule has 3 nitrogen and oxygen atoms in total. The van der Waals surface area contributed by atoms with Gasteiger partial charge in [0.1, 0.15) is 0 Å². The van der Waals surface area contributed by atoms with E-state index in [-0.39, 0.29) is 0 Å². The maximum absolute atomic E-state index is 13.2. The average molecular weight is 331 g/mol. The van der Waals surface area contributed by atoms with Crippen LogP contribution >= 0.6 is 0 Å². The van der Waals surface area contributed by atoms with Gasteiger partial charge in [-0.15, -0.1) is 0 Å². The second-order valence-corrected chi connectivity index (χ2v) is 6.35. The van der Waals surface area contributed by atoms with E-state index < -0.39 is 11.6 Å². The summed E-state index contributed by atoms with van der Waals surface area (Å²) in [5, 5.41) is 3.45. The summed E-state index contributed by atoms with van der Waals surface area (Å²) in [4.78, 5) is 6.52. The second-order valence-electron chi connectivity index (χ2n) is 6.35. The maximum Gasteiger partial charge on any atom is 0.159 e. The molecule has 24 heavy (non-hydrogen) atoms. The number of rotatable bonds is 6. The van der Waals surface area contributed by atoms with Crippen molar-refractivity contribution < 1.29 is 8.78 Å². The van der Waals surface area contributed by atoms with Crippen LogP contribution in [0, 0.1) is 11.6 Å². The number of halogens is 2. The number of aromatic nitrogens is 1. The summed E-state index contributed by atoms with van der Waals surface area (Å²) in [6.07, 6.45) is 6.89. The minimum atomic E-state index is -0.791. The molecule has 1 aliphatic heterocycles. The molecular formula is C19H23F2N3. The topological polar surface area (TPSA) is 28.2 Å². The molecule has 0 spiro atoms. The fraction of sp³-hybridized carbons (Fsp3) is 0.421. The molecule has 0 unspecified atom stereocenters. The van der Waals surface area contributed by atoms with Crippen molar-refractivity contribution >= 4 is 0 Å². The van der Waals surface area contributed by atoms with Crippen LogP contribution in [-0.4, -0.2) is 35.6 Å². The van der Waals surface area contributed by atoms with E-state index in [2.05, 4.69) is 27.3 Å². The molecule has 3 rings (SSSR count). The average Bonchev–Trinajstić information content (AvgIpc) is 2.63. The lowest BCUT2D eigenvalue weighted by Gasteiger charge is -2.32. The monoisotopic (exact) mass is 331 g/mol. The Kier molecular flexibility index (Phi) is 5.88. The molecule has 0 bridgehead atoms. The lowest BCUT2D eigenvalue weighted by molar-refractivity contribution is 0.199. The van der Waals surface area contributed by atoms with E-state index in [1.807, 2.05) is 12.4 Å². The van der Waals surface area contributed by atoms with E-state index in [0.717, 1.165) is 44.5 Å². The molecule has 1 N–H and O–H groups in total. The summed E-state index contributed by atoms with van der Waals surface area (Å²) in [5.74, 6) is -1.57. The van der Waals surface area contributed by atoms with Crippen LogP contribution in [0.25, 0.3) is 0 Å². The Bertz CT molecular complexity index is 640. The van der Waals surface area contributed by atoms with Gasteiger partial charge in [0.05, 0.1) is 0 Å². The van der Waals surface area contributed by atoms with E-state index in [1.54, 1.807) is 6.07 Å². The number of likely N-dealkylation sites (tertiary alicyclic amines) is 1. The first-order valence-electron chi connectivity index (χ1n) is 8.49. The molecule has 2 aromatic rings. The highest BCUT2D eigenvalue weighted by atomic mass is 19.2. The fourth-order valence-electron chi connectivity index (χ4n) is 3.11. The first kappa shape index (κ1) is 17.0. The van der Waals surface area contributed by atoms with Crippen LogP contribution in [0.3, 0.4) is 0 Å². The molecule has 1 aromatic carbocycles. The molecule has 0 amide bonds. The largest absolute Gasteiger partial charge is 0.310 e. The van der Waals surface area contributed by atoms with Crippen LogP contribution in [0.15, 0.2) is 42.7 Å². The third-order valence-electron chi connectivity index (χ3n) is 4.63. The number of pyridine rings is 1. The van der Waals surface area contributed by atoms with Crippen molar-refractivity contribution in [2.24, 2.45) is 0 Å². The highest BCUT2D eigenvalue weighted by Crippen LogP contribution is 2.13. The standard InChI is InChI=1S/C19H23F2N3/c20-18-2-1-16(13-19(18)21)14-23-17-6-11-24(12-7-17)10-5-15-3-8-22-9-4-15/h1-4,8-9,13,17,23H,5-7,10-12,14H2. The zero-order valence-corrected chi connectivity index (χ0v) is 13.7. The predicted octanol–water partition coefficient (Wildman–Crippen LogP) is 3.16. The second kappa shape index (κ2) is 8.31. The molecule has 1 aliphatic rings. The van der Waals surface area contributed by atoms with Crippen molar-refractivity contribution in [2.75, 3.05) is 19.6 Å². The summed E-state index contributed by atoms with van der Waals surface area (Å²) >= 11 is 0. The number of hydrogen-bond acceptors (Lipinski definition) is 3. The summed E-state index contributed by atoms with van der Waals surface area (Å²) < 4.78 is 26.1. The Morgan fingerprint density at radius 2 is 1.75 bits per heavy atom. The van der Waals surface area contributed by atoms with E-state index in [4.69, 9.17) is 0 Å². The van der Waals surface area contributed by atoms with Crippen LogP contribution in [0.4, 0.5) is 8.78 Å². The van der Waals surface area contributed by atoms with Crippen LogP contribution in [0.2, 0.25) is 0 Å². The molecule has 1 aromatic heterocycles. The maximum atomic E-state index is 13.2. The van der Waals surface area contributed by atoms with Crippen LogP contribution < -0.4 is 5.32 Å². The fourth-order valence-corrected chi connectivity index (χ4v) is 3.11. The molecule has 128 valence electrons. The van der Waals surface area contributed by atoms with Crippen molar-refractivity contribution in [1.82, 2.24) is 15.2 Å². The Morgan fingerprint density at radius 3 is 2.46 bits per heavy atom. The number of nitrogens with one attached hydrogen (secondary N) is 1. The summed E-state index contributed by atoms with van der Waals surface area (Å²) in [7, 11) is 0. The van der Waals surface area contributed by atoms with Gasteiger partial charge in [-0.25, -0.2) is 8.78 Å². The molecule has 2 heterocycles. The highest BCUT2D eigenvalue weighted by molar-refractivity contribution is 5.17. The third-order valence-corrected chi connectivity index (χ3v) is 4.63. The molecule has 1 saturated heterocycles. The van der Waals surface area contributed by atoms with Crippen LogP contribution in [-0.2, 0) is 13.0 Å². The zero-order chi connectivity index (χ0) is 16.8. The van der Waals surface area contributed by atoms with Gasteiger partial charge < -0.3 is 10.2 Å². The minimum Gasteiger partial charge on any atom is -0.310 e. The number of nitrogens with zero attached hydrogens (tertiary/aromatic N) is 2. The Labute approximate surface area is 141 Å². The molecule has 0 saturated carbocycles. The van der Waals surface area contributed by atoms with Crippen molar-refractivity contribution in [1.29, 1.82) is 0 Å². The van der Waals surface area contributed by atoms with Gasteiger partial charge in [-0.2, -0.15) is 0 Å². The van der Waals surface area contributed by atoms with Gasteiger partial charge >= 0.3 is 0 Å². The predicted molar refractivity (Wildman–Crippen MR) is 90.6 cm³/mol. The Hall–Kier alpha value is -1.85. The van der Waals surface area contributed by atoms with Gasteiger partial charge in [0.25, 0.3) is 0 Å². The molecule has 5 heteroatoms. The van der Waals surface area contributed by atoms with Crippen molar-refractivity contribution in [2.45, 2.75) is 31.8 Å². The van der Waals surface area contributed by atoms with Crippen molar-refractivity contribution in [3.05, 3.63) is 65.5 Å². The van der Waals surface area contributed by atoms with Crippen LogP contribution in [0.1, 0.15) is 24.0 Å². The molecule has 0 aliphatic carbocycles.